The van der Waals surface area contributed by atoms with E-state index in [-0.39, 0.29) is 22.8 Å². The summed E-state index contributed by atoms with van der Waals surface area (Å²) >= 11 is 0. The second kappa shape index (κ2) is 32.6. The number of phenolic OH excluding ortho intramolecular Hbond substituents is 4. The van der Waals surface area contributed by atoms with Crippen LogP contribution in [0.3, 0.4) is 0 Å². The third-order valence-electron chi connectivity index (χ3n) is 18.5. The number of hydrogen-bond acceptors (Lipinski definition) is 35. The Labute approximate surface area is 590 Å². The molecule has 0 amide bonds. The molecule has 6 saturated heterocycles. The topological polar surface area (TPSA) is 537 Å². The summed E-state index contributed by atoms with van der Waals surface area (Å²) < 4.78 is 90.2. The number of carbonyl (C=O) groups excluding carboxylic acids is 2. The van der Waals surface area contributed by atoms with Gasteiger partial charge in [0.25, 0.3) is 0 Å². The summed E-state index contributed by atoms with van der Waals surface area (Å²) in [5, 5.41) is 186. The van der Waals surface area contributed by atoms with Gasteiger partial charge in [0.2, 0.25) is 23.8 Å². The maximum Gasteiger partial charge on any atom is 0.331 e. The maximum atomic E-state index is 15.4. The predicted octanol–water partition coefficient (Wildman–Crippen LogP) is -2.40. The summed E-state index contributed by atoms with van der Waals surface area (Å²) in [6, 6.07) is 18.0. The minimum Gasteiger partial charge on any atom is -0.508 e. The summed E-state index contributed by atoms with van der Waals surface area (Å²) in [7, 11) is 0. The second-order valence-corrected chi connectivity index (χ2v) is 25.9. The van der Waals surface area contributed by atoms with Crippen LogP contribution in [0.2, 0.25) is 0 Å². The van der Waals surface area contributed by atoms with Gasteiger partial charge in [0.05, 0.1) is 37.1 Å². The van der Waals surface area contributed by atoms with E-state index in [1.54, 1.807) is 0 Å². The van der Waals surface area contributed by atoms with Gasteiger partial charge in [-0.2, -0.15) is 0 Å². The molecule has 0 saturated carbocycles. The summed E-state index contributed by atoms with van der Waals surface area (Å²) in [5.41, 5.74) is -1.02. The molecule has 104 heavy (non-hydrogen) atoms. The number of benzene rings is 4. The number of hydrogen-bond donors (Lipinski definition) is 17. The van der Waals surface area contributed by atoms with E-state index < -0.39 is 242 Å². The number of aliphatic hydroxyl groups is 13. The Kier molecular flexibility index (Phi) is 24.3. The molecule has 0 radical (unpaired) electrons. The molecule has 0 bridgehead atoms. The highest BCUT2D eigenvalue weighted by Crippen LogP contribution is 2.42. The average molecular weight is 1470 g/mol. The minimum absolute atomic E-state index is 0.0596. The fourth-order valence-electron chi connectivity index (χ4n) is 12.5. The lowest BCUT2D eigenvalue weighted by atomic mass is 9.96. The number of esters is 2. The molecule has 11 rings (SSSR count). The van der Waals surface area contributed by atoms with Crippen molar-refractivity contribution >= 4 is 35.1 Å². The first-order chi connectivity index (χ1) is 49.3. The van der Waals surface area contributed by atoms with Crippen LogP contribution in [0.25, 0.3) is 34.4 Å². The number of aliphatic hydroxyl groups excluding tert-OH is 13. The van der Waals surface area contributed by atoms with Crippen molar-refractivity contribution in [2.24, 2.45) is 0 Å². The van der Waals surface area contributed by atoms with Crippen molar-refractivity contribution in [3.63, 3.8) is 0 Å². The second-order valence-electron chi connectivity index (χ2n) is 25.9. The molecule has 7 heterocycles. The molecule has 6 aliphatic rings. The molecular weight excluding hydrogens is 1390 g/mol. The molecule has 4 aromatic carbocycles. The Balaban J connectivity index is 0.946. The summed E-state index contributed by atoms with van der Waals surface area (Å²) in [6.45, 7) is 5.90. The monoisotopic (exact) mass is 1470 g/mol. The van der Waals surface area contributed by atoms with Gasteiger partial charge in [-0.1, -0.05) is 24.3 Å². The smallest absolute Gasteiger partial charge is 0.331 e. The summed E-state index contributed by atoms with van der Waals surface area (Å²) in [6.07, 6.45) is -48.7. The van der Waals surface area contributed by atoms with Crippen molar-refractivity contribution in [1.29, 1.82) is 0 Å². The van der Waals surface area contributed by atoms with Gasteiger partial charge in [-0.3, -0.25) is 4.79 Å². The van der Waals surface area contributed by atoms with Crippen molar-refractivity contribution in [3.8, 4) is 45.8 Å². The maximum absolute atomic E-state index is 15.4. The van der Waals surface area contributed by atoms with Crippen molar-refractivity contribution in [3.05, 3.63) is 118 Å². The Morgan fingerprint density at radius 3 is 1.36 bits per heavy atom. The molecule has 0 aliphatic carbocycles. The third-order valence-corrected chi connectivity index (χ3v) is 18.5. The molecule has 35 nitrogen and oxygen atoms in total. The normalized spacial score (nSPS) is 38.4. The molecule has 5 aromatic rings. The summed E-state index contributed by atoms with van der Waals surface area (Å²) in [4.78, 5) is 43.2. The van der Waals surface area contributed by atoms with Gasteiger partial charge in [-0.15, -0.1) is 0 Å². The lowest BCUT2D eigenvalue weighted by Crippen LogP contribution is -2.66. The van der Waals surface area contributed by atoms with Gasteiger partial charge in [0.15, 0.2) is 43.1 Å². The van der Waals surface area contributed by atoms with Crippen LogP contribution >= 0.6 is 0 Å². The number of aromatic hydroxyl groups is 4. The highest BCUT2D eigenvalue weighted by atomic mass is 16.8. The van der Waals surface area contributed by atoms with Gasteiger partial charge >= 0.3 is 11.9 Å². The molecule has 0 spiro atoms. The molecule has 0 unspecified atom stereocenters. The molecule has 6 aliphatic heterocycles. The molecule has 30 atom stereocenters. The predicted molar refractivity (Wildman–Crippen MR) is 346 cm³/mol. The zero-order valence-corrected chi connectivity index (χ0v) is 55.9. The van der Waals surface area contributed by atoms with Crippen LogP contribution in [0.15, 0.2) is 106 Å². The van der Waals surface area contributed by atoms with Gasteiger partial charge in [-0.05, 0) is 106 Å². The summed E-state index contributed by atoms with van der Waals surface area (Å²) in [5.74, 6) is -5.52. The number of ether oxygens (including phenoxy) is 14. The molecule has 1 aromatic heterocycles. The first kappa shape index (κ1) is 77.5. The number of carbonyl (C=O) groups is 2. The van der Waals surface area contributed by atoms with Crippen molar-refractivity contribution < 1.29 is 167 Å². The number of rotatable bonds is 20. The highest BCUT2D eigenvalue weighted by Gasteiger charge is 2.57. The van der Waals surface area contributed by atoms with Gasteiger partial charge in [0.1, 0.15) is 143 Å². The molecule has 17 N–H and O–H groups in total. The zero-order valence-electron chi connectivity index (χ0n) is 55.9. The zero-order chi connectivity index (χ0) is 75.0. The minimum atomic E-state index is -2.25. The molecular formula is C69H82O35. The first-order valence-corrected chi connectivity index (χ1v) is 33.0. The van der Waals surface area contributed by atoms with Crippen LogP contribution in [0, 0.1) is 0 Å². The largest absolute Gasteiger partial charge is 0.508 e. The Morgan fingerprint density at radius 1 is 0.413 bits per heavy atom. The Morgan fingerprint density at radius 2 is 0.837 bits per heavy atom. The van der Waals surface area contributed by atoms with Gasteiger partial charge < -0.3 is 158 Å². The van der Waals surface area contributed by atoms with E-state index in [2.05, 4.69) is 0 Å². The van der Waals surface area contributed by atoms with Crippen LogP contribution in [-0.2, 0) is 66.4 Å². The first-order valence-electron chi connectivity index (χ1n) is 33.0. The Hall–Kier alpha value is -7.61. The van der Waals surface area contributed by atoms with Gasteiger partial charge in [0, 0.05) is 29.8 Å². The fraction of sp³-hybridized carbons (Fsp3) is 0.522. The average Bonchev–Trinajstić information content (AvgIpc) is 0.752. The van der Waals surface area contributed by atoms with Crippen LogP contribution in [0.5, 0.6) is 34.5 Å². The SMILES string of the molecule is C[C@@H]1O[C@H](OC[C@H]2O[C@@H](Oc3c(-c4ccc(O)cc4)oc4cc(O[C@H]5O[C@@H](C)[C@H](OC(=O)/C=C\c6ccc(O)cc6)[C@@H](O[C@H]6O[C@@H](C)[C@H](O)[C@@H](O[C@H]7O[C@@H](C)[C@H](O)[C@@H](O)[C@@H]7O)[C@@H]6O)[C@@H]5O)cc(O)c4c3=O)[C@H](OC(=O)/C=C/c3ccc(O)cc3)[C@@H](O[C@H]3O[C@@H](C)[C@H](O)[C@@H](O)[C@@H]3O)[C@@H]2O)[C@@H](O)[C@H](O)[C@H]1O. The van der Waals surface area contributed by atoms with Crippen molar-refractivity contribution in [2.45, 2.75) is 219 Å². The van der Waals surface area contributed by atoms with E-state index in [0.29, 0.717) is 11.1 Å². The number of phenols is 4. The van der Waals surface area contributed by atoms with E-state index in [9.17, 15) is 96.4 Å². The van der Waals surface area contributed by atoms with E-state index in [0.717, 1.165) is 24.3 Å². The van der Waals surface area contributed by atoms with Gasteiger partial charge in [-0.25, -0.2) is 9.59 Å². The van der Waals surface area contributed by atoms with E-state index in [1.165, 1.54) is 120 Å². The molecule has 6 fully saturated rings. The Bertz CT molecular complexity index is 3860. The van der Waals surface area contributed by atoms with Crippen LogP contribution in [-0.4, -0.2) is 290 Å². The van der Waals surface area contributed by atoms with E-state index in [1.807, 2.05) is 0 Å². The van der Waals surface area contributed by atoms with Crippen LogP contribution in [0.4, 0.5) is 0 Å². The lowest BCUT2D eigenvalue weighted by molar-refractivity contribution is -0.372. The quantitative estimate of drug-likeness (QED) is 0.0285. The third kappa shape index (κ3) is 16.8. The van der Waals surface area contributed by atoms with Crippen LogP contribution < -0.4 is 14.9 Å². The van der Waals surface area contributed by atoms with Crippen molar-refractivity contribution in [1.82, 2.24) is 0 Å². The van der Waals surface area contributed by atoms with Crippen molar-refractivity contribution in [2.75, 3.05) is 6.61 Å². The number of fused-ring (bicyclic) bond motifs is 1. The van der Waals surface area contributed by atoms with Crippen LogP contribution in [0.1, 0.15) is 45.7 Å². The standard InChI is InChI=1S/C69H82O35/c1-25-43(76)49(82)52(85)64(91-25)90-24-39-47(80)60(102-66-54(87)51(84)45(78)27(3)93-66)63(100-41(75)21-11-31-8-16-34(71)17-9-31)69(98-39)104-61-48(81)42-37(73)22-36(23-38(42)97-58(61)32-12-18-35(72)19-13-32)96-67-56(89)62(57(29(5)95-67)99-40(74)20-10-30-6-14-33(70)15-7-30)103-68-55(88)59(46(79)28(4)94-68)101-65-53(86)50(83)44(77)26(2)92-65/h6-23,25-29,39,43-47,49-57,59-60,62-73,76-80,82-89H,24H2,1-5H3/b20-10-,21-11+/t25-,26-,27-,28-,29-,39+,43-,44-,45-,46-,47+,49+,50+,51+,52-,53-,54-,55-,56-,57-,59+,60-,62-,63+,64-,65+,66+,67+,68+,69-/m0/s1. The highest BCUT2D eigenvalue weighted by molar-refractivity contribution is 5.89. The molecule has 568 valence electrons. The van der Waals surface area contributed by atoms with E-state index in [4.69, 9.17) is 70.7 Å². The van der Waals surface area contributed by atoms with E-state index >= 15 is 4.79 Å². The molecule has 35 heteroatoms. The lowest BCUT2D eigenvalue weighted by Gasteiger charge is -2.48. The fourth-order valence-corrected chi connectivity index (χ4v) is 12.5.